The van der Waals surface area contributed by atoms with Crippen LogP contribution in [0.15, 0.2) is 54.9 Å². The maximum Gasteiger partial charge on any atom is 0.416 e. The topological polar surface area (TPSA) is 86.2 Å². The molecule has 1 spiro atoms. The molecular formula is C23H16ClF3N2O4S. The number of rotatable bonds is 4. The molecule has 34 heavy (non-hydrogen) atoms. The van der Waals surface area contributed by atoms with Crippen LogP contribution in [0.1, 0.15) is 51.0 Å². The largest absolute Gasteiger partial charge is 0.487 e. The number of carbonyl (C=O) groups is 1. The van der Waals surface area contributed by atoms with E-state index in [2.05, 4.69) is 9.97 Å². The van der Waals surface area contributed by atoms with E-state index in [0.29, 0.717) is 11.6 Å². The molecule has 5 rings (SSSR count). The lowest BCUT2D eigenvalue weighted by atomic mass is 9.96. The molecule has 1 aliphatic carbocycles. The van der Waals surface area contributed by atoms with Crippen molar-refractivity contribution in [2.45, 2.75) is 35.6 Å². The van der Waals surface area contributed by atoms with Crippen molar-refractivity contribution in [2.75, 3.05) is 0 Å². The van der Waals surface area contributed by atoms with Crippen molar-refractivity contribution in [3.05, 3.63) is 88.0 Å². The van der Waals surface area contributed by atoms with E-state index in [4.69, 9.17) is 16.3 Å². The highest BCUT2D eigenvalue weighted by Crippen LogP contribution is 2.61. The summed E-state index contributed by atoms with van der Waals surface area (Å²) in [7, 11) is -4.50. The summed E-state index contributed by atoms with van der Waals surface area (Å²) in [6, 6.07) is 10.2. The van der Waals surface area contributed by atoms with Crippen molar-refractivity contribution in [3.63, 3.8) is 0 Å². The van der Waals surface area contributed by atoms with Gasteiger partial charge in [0.2, 0.25) is 5.78 Å². The van der Waals surface area contributed by atoms with Crippen LogP contribution >= 0.6 is 11.6 Å². The van der Waals surface area contributed by atoms with Crippen LogP contribution < -0.4 is 4.74 Å². The van der Waals surface area contributed by atoms with E-state index in [9.17, 15) is 26.4 Å². The highest BCUT2D eigenvalue weighted by atomic mass is 35.5. The zero-order chi connectivity index (χ0) is 24.3. The van der Waals surface area contributed by atoms with Gasteiger partial charge in [0.15, 0.2) is 15.1 Å². The fourth-order valence-corrected chi connectivity index (χ4v) is 7.05. The van der Waals surface area contributed by atoms with Crippen LogP contribution in [-0.4, -0.2) is 24.2 Å². The summed E-state index contributed by atoms with van der Waals surface area (Å²) in [5, 5.41) is -2.42. The molecule has 1 aromatic heterocycles. The lowest BCUT2D eigenvalue weighted by Gasteiger charge is -2.31. The molecule has 0 bridgehead atoms. The first-order valence-corrected chi connectivity index (χ1v) is 12.2. The predicted molar refractivity (Wildman–Crippen MR) is 116 cm³/mol. The summed E-state index contributed by atoms with van der Waals surface area (Å²) in [6.07, 6.45) is -2.24. The van der Waals surface area contributed by atoms with Gasteiger partial charge in [-0.15, -0.1) is 0 Å². The Kier molecular flexibility index (Phi) is 5.21. The van der Waals surface area contributed by atoms with Crippen LogP contribution in [0, 0.1) is 0 Å². The van der Waals surface area contributed by atoms with Crippen molar-refractivity contribution in [2.24, 2.45) is 0 Å². The second-order valence-corrected chi connectivity index (χ2v) is 10.9. The number of Topliss-reactive ketones (excluding diaryl/α,β-unsaturated/α-hetero) is 1. The first-order valence-electron chi connectivity index (χ1n) is 10.2. The highest BCUT2D eigenvalue weighted by molar-refractivity contribution is 7.93. The van der Waals surface area contributed by atoms with Crippen LogP contribution in [-0.2, 0) is 27.4 Å². The number of ketones is 1. The van der Waals surface area contributed by atoms with E-state index in [1.165, 1.54) is 12.4 Å². The maximum absolute atomic E-state index is 14.1. The summed E-state index contributed by atoms with van der Waals surface area (Å²) >= 11 is 6.24. The lowest BCUT2D eigenvalue weighted by Crippen LogP contribution is -2.40. The van der Waals surface area contributed by atoms with Gasteiger partial charge >= 0.3 is 6.18 Å². The molecule has 3 aromatic rings. The van der Waals surface area contributed by atoms with Crippen molar-refractivity contribution in [1.29, 1.82) is 0 Å². The molecule has 11 heteroatoms. The summed E-state index contributed by atoms with van der Waals surface area (Å²) < 4.78 is 74.0. The molecule has 0 amide bonds. The smallest absolute Gasteiger partial charge is 0.416 e. The van der Waals surface area contributed by atoms with E-state index >= 15 is 0 Å². The van der Waals surface area contributed by atoms with E-state index in [0.717, 1.165) is 6.07 Å². The molecule has 1 saturated carbocycles. The third kappa shape index (κ3) is 3.39. The van der Waals surface area contributed by atoms with Crippen LogP contribution in [0.2, 0.25) is 5.02 Å². The molecule has 6 nitrogen and oxygen atoms in total. The van der Waals surface area contributed by atoms with Crippen molar-refractivity contribution < 1.29 is 31.1 Å². The second kappa shape index (κ2) is 7.78. The number of benzene rings is 2. The number of sulfone groups is 1. The first kappa shape index (κ1) is 22.8. The van der Waals surface area contributed by atoms with Gasteiger partial charge in [0, 0.05) is 18.0 Å². The number of hydrogen-bond acceptors (Lipinski definition) is 6. The van der Waals surface area contributed by atoms with Gasteiger partial charge in [-0.2, -0.15) is 13.2 Å². The quantitative estimate of drug-likeness (QED) is 0.489. The normalized spacial score (nSPS) is 20.1. The second-order valence-electron chi connectivity index (χ2n) is 8.15. The van der Waals surface area contributed by atoms with Crippen LogP contribution in [0.5, 0.6) is 5.75 Å². The molecular weight excluding hydrogens is 493 g/mol. The van der Waals surface area contributed by atoms with Gasteiger partial charge in [0.25, 0.3) is 0 Å². The number of halogens is 4. The van der Waals surface area contributed by atoms with Crippen LogP contribution in [0.3, 0.4) is 0 Å². The first-order chi connectivity index (χ1) is 16.1. The third-order valence-corrected chi connectivity index (χ3v) is 9.16. The fourth-order valence-electron chi connectivity index (χ4n) is 4.36. The standard InChI is InChI=1S/C23H16ClF3N2O4S/c24-15-7-6-14(23(25,26)27)16(19(15)33-12-13-4-2-1-3-5-13)20-18(30)17-21(29-11-10-28-17)22(8-9-22)34(20,31)32/h1-7,10-11,20H,8-9,12H2. The average molecular weight is 509 g/mol. The van der Waals surface area contributed by atoms with Gasteiger partial charge in [0.1, 0.15) is 22.8 Å². The van der Waals surface area contributed by atoms with Crippen molar-refractivity contribution in [1.82, 2.24) is 9.97 Å². The summed E-state index contributed by atoms with van der Waals surface area (Å²) in [5.41, 5.74) is -1.76. The zero-order valence-electron chi connectivity index (χ0n) is 17.3. The summed E-state index contributed by atoms with van der Waals surface area (Å²) in [6.45, 7) is -0.183. The molecule has 2 heterocycles. The maximum atomic E-state index is 14.1. The molecule has 0 radical (unpaired) electrons. The number of aromatic nitrogens is 2. The molecule has 2 aromatic carbocycles. The van der Waals surface area contributed by atoms with E-state index in [1.54, 1.807) is 30.3 Å². The molecule has 176 valence electrons. The molecule has 1 atom stereocenters. The number of nitrogens with zero attached hydrogens (tertiary/aromatic N) is 2. The van der Waals surface area contributed by atoms with Gasteiger partial charge in [-0.3, -0.25) is 9.78 Å². The Morgan fingerprint density at radius 3 is 2.38 bits per heavy atom. The molecule has 0 saturated heterocycles. The predicted octanol–water partition coefficient (Wildman–Crippen LogP) is 5.07. The molecule has 1 unspecified atom stereocenters. The van der Waals surface area contributed by atoms with Crippen molar-refractivity contribution >= 4 is 27.2 Å². The van der Waals surface area contributed by atoms with Crippen LogP contribution in [0.4, 0.5) is 13.2 Å². The van der Waals surface area contributed by atoms with Gasteiger partial charge in [-0.05, 0) is 30.5 Å². The minimum Gasteiger partial charge on any atom is -0.487 e. The Labute approximate surface area is 197 Å². The van der Waals surface area contributed by atoms with Gasteiger partial charge < -0.3 is 4.74 Å². The zero-order valence-corrected chi connectivity index (χ0v) is 18.9. The summed E-state index contributed by atoms with van der Waals surface area (Å²) in [5.74, 6) is -1.58. The Bertz CT molecular complexity index is 1410. The third-order valence-electron chi connectivity index (χ3n) is 6.10. The Morgan fingerprint density at radius 2 is 1.74 bits per heavy atom. The van der Waals surface area contributed by atoms with Gasteiger partial charge in [-0.1, -0.05) is 41.9 Å². The SMILES string of the molecule is O=C1c2nccnc2C2(CC2)S(=O)(=O)C1c1c(C(F)(F)F)ccc(Cl)c1OCc1ccccc1. The van der Waals surface area contributed by atoms with Gasteiger partial charge in [0.05, 0.1) is 16.3 Å². The number of alkyl halides is 3. The number of ether oxygens (including phenoxy) is 1. The molecule has 1 fully saturated rings. The van der Waals surface area contributed by atoms with Crippen molar-refractivity contribution in [3.8, 4) is 5.75 Å². The summed E-state index contributed by atoms with van der Waals surface area (Å²) in [4.78, 5) is 21.5. The Balaban J connectivity index is 1.74. The van der Waals surface area contributed by atoms with E-state index < -0.39 is 48.7 Å². The number of hydrogen-bond donors (Lipinski definition) is 0. The minimum absolute atomic E-state index is 0.0152. The highest BCUT2D eigenvalue weighted by Gasteiger charge is 2.67. The molecule has 2 aliphatic rings. The van der Waals surface area contributed by atoms with E-state index in [1.807, 2.05) is 0 Å². The Morgan fingerprint density at radius 1 is 1.06 bits per heavy atom. The minimum atomic E-state index is -4.97. The number of fused-ring (bicyclic) bond motifs is 2. The average Bonchev–Trinajstić information content (AvgIpc) is 3.60. The molecule has 0 N–H and O–H groups in total. The fraction of sp³-hybridized carbons (Fsp3) is 0.261. The monoisotopic (exact) mass is 508 g/mol. The van der Waals surface area contributed by atoms with Crippen LogP contribution in [0.25, 0.3) is 0 Å². The molecule has 1 aliphatic heterocycles. The number of carbonyl (C=O) groups excluding carboxylic acids is 1. The lowest BCUT2D eigenvalue weighted by molar-refractivity contribution is -0.138. The Hall–Kier alpha value is -2.98. The van der Waals surface area contributed by atoms with E-state index in [-0.39, 0.29) is 35.9 Å². The van der Waals surface area contributed by atoms with Gasteiger partial charge in [-0.25, -0.2) is 13.4 Å².